The molecule has 0 atom stereocenters. The Kier molecular flexibility index (Phi) is 5.90. The van der Waals surface area contributed by atoms with Crippen LogP contribution in [-0.2, 0) is 6.54 Å². The van der Waals surface area contributed by atoms with E-state index in [-0.39, 0.29) is 12.2 Å². The molecule has 2 heterocycles. The normalized spacial score (nSPS) is 11.4. The summed E-state index contributed by atoms with van der Waals surface area (Å²) in [6, 6.07) is 7.10. The quantitative estimate of drug-likeness (QED) is 0.751. The van der Waals surface area contributed by atoms with Gasteiger partial charge < -0.3 is 5.11 Å². The molecule has 0 unspecified atom stereocenters. The second-order valence-electron chi connectivity index (χ2n) is 5.22. The summed E-state index contributed by atoms with van der Waals surface area (Å²) in [5.74, 6) is 0. The summed E-state index contributed by atoms with van der Waals surface area (Å²) in [6.07, 6.45) is 5.17. The predicted octanol–water partition coefficient (Wildman–Crippen LogP) is 1.68. The molecule has 0 saturated carbocycles. The monoisotopic (exact) mass is 289 g/mol. The number of pyridine rings is 1. The van der Waals surface area contributed by atoms with Crippen LogP contribution in [0, 0.1) is 0 Å². The van der Waals surface area contributed by atoms with Gasteiger partial charge in [-0.05, 0) is 25.1 Å². The Labute approximate surface area is 124 Å². The van der Waals surface area contributed by atoms with Crippen LogP contribution in [0.15, 0.2) is 35.3 Å². The van der Waals surface area contributed by atoms with Crippen molar-refractivity contribution in [2.75, 3.05) is 19.7 Å². The van der Waals surface area contributed by atoms with Crippen molar-refractivity contribution in [2.45, 2.75) is 32.7 Å². The zero-order valence-corrected chi connectivity index (χ0v) is 12.5. The molecule has 0 aliphatic rings. The first-order valence-corrected chi connectivity index (χ1v) is 7.55. The van der Waals surface area contributed by atoms with Crippen molar-refractivity contribution in [3.05, 3.63) is 46.5 Å². The van der Waals surface area contributed by atoms with Crippen molar-refractivity contribution >= 4 is 5.65 Å². The van der Waals surface area contributed by atoms with E-state index >= 15 is 0 Å². The minimum absolute atomic E-state index is 0.0619. The molecule has 5 heteroatoms. The third kappa shape index (κ3) is 4.37. The van der Waals surface area contributed by atoms with Crippen molar-refractivity contribution in [2.24, 2.45) is 0 Å². The van der Waals surface area contributed by atoms with Gasteiger partial charge in [0.15, 0.2) is 0 Å². The van der Waals surface area contributed by atoms with Gasteiger partial charge in [-0.15, -0.1) is 0 Å². The second kappa shape index (κ2) is 7.90. The summed E-state index contributed by atoms with van der Waals surface area (Å²) in [6.45, 7) is 4.43. The van der Waals surface area contributed by atoms with Crippen LogP contribution in [-0.4, -0.2) is 39.1 Å². The highest BCUT2D eigenvalue weighted by Crippen LogP contribution is 2.05. The number of aliphatic hydroxyl groups is 1. The molecule has 114 valence electrons. The smallest absolute Gasteiger partial charge is 0.258 e. The van der Waals surface area contributed by atoms with Crippen LogP contribution < -0.4 is 5.56 Å². The number of aromatic nitrogens is 2. The molecule has 5 nitrogen and oxygen atoms in total. The molecule has 2 rings (SSSR count). The maximum absolute atomic E-state index is 12.1. The Morgan fingerprint density at radius 1 is 1.29 bits per heavy atom. The molecular formula is C16H23N3O2. The van der Waals surface area contributed by atoms with Crippen molar-refractivity contribution in [3.63, 3.8) is 0 Å². The van der Waals surface area contributed by atoms with Crippen molar-refractivity contribution < 1.29 is 5.11 Å². The lowest BCUT2D eigenvalue weighted by atomic mass is 10.2. The molecular weight excluding hydrogens is 266 g/mol. The molecule has 0 aliphatic carbocycles. The molecule has 2 aromatic rings. The third-order valence-corrected chi connectivity index (χ3v) is 3.50. The van der Waals surface area contributed by atoms with Gasteiger partial charge in [-0.25, -0.2) is 4.98 Å². The zero-order valence-electron chi connectivity index (χ0n) is 12.5. The molecule has 0 spiro atoms. The summed E-state index contributed by atoms with van der Waals surface area (Å²) in [7, 11) is 0. The summed E-state index contributed by atoms with van der Waals surface area (Å²) in [5, 5.41) is 9.17. The summed E-state index contributed by atoms with van der Waals surface area (Å²) in [4.78, 5) is 18.7. The van der Waals surface area contributed by atoms with Crippen molar-refractivity contribution in [3.8, 4) is 0 Å². The van der Waals surface area contributed by atoms with E-state index in [1.54, 1.807) is 12.3 Å². The average Bonchev–Trinajstić information content (AvgIpc) is 2.48. The summed E-state index contributed by atoms with van der Waals surface area (Å²) >= 11 is 0. The highest BCUT2D eigenvalue weighted by molar-refractivity contribution is 5.37. The SMILES string of the molecule is CCCCCN(CCO)Cc1cc(=O)n2ccccc2n1. The Hall–Kier alpha value is -1.72. The van der Waals surface area contributed by atoms with Gasteiger partial charge in [0.25, 0.3) is 5.56 Å². The highest BCUT2D eigenvalue weighted by atomic mass is 16.3. The lowest BCUT2D eigenvalue weighted by Crippen LogP contribution is -2.29. The van der Waals surface area contributed by atoms with Gasteiger partial charge >= 0.3 is 0 Å². The Morgan fingerprint density at radius 3 is 2.90 bits per heavy atom. The first-order chi connectivity index (χ1) is 10.2. The van der Waals surface area contributed by atoms with Gasteiger partial charge in [0.05, 0.1) is 12.3 Å². The Morgan fingerprint density at radius 2 is 2.14 bits per heavy atom. The highest BCUT2D eigenvalue weighted by Gasteiger charge is 2.08. The standard InChI is InChI=1S/C16H23N3O2/c1-2-3-5-8-18(10-11-20)13-14-12-16(21)19-9-6-4-7-15(19)17-14/h4,6-7,9,12,20H,2-3,5,8,10-11,13H2,1H3. The molecule has 2 aromatic heterocycles. The van der Waals surface area contributed by atoms with Crippen LogP contribution in [0.4, 0.5) is 0 Å². The second-order valence-corrected chi connectivity index (χ2v) is 5.22. The first-order valence-electron chi connectivity index (χ1n) is 7.55. The van der Waals surface area contributed by atoms with E-state index in [1.807, 2.05) is 18.2 Å². The largest absolute Gasteiger partial charge is 0.395 e. The van der Waals surface area contributed by atoms with E-state index in [1.165, 1.54) is 17.2 Å². The molecule has 0 radical (unpaired) electrons. The van der Waals surface area contributed by atoms with Gasteiger partial charge in [-0.2, -0.15) is 0 Å². The van der Waals surface area contributed by atoms with E-state index in [9.17, 15) is 4.79 Å². The molecule has 0 amide bonds. The number of nitrogens with zero attached hydrogens (tertiary/aromatic N) is 3. The van der Waals surface area contributed by atoms with Crippen LogP contribution in [0.5, 0.6) is 0 Å². The predicted molar refractivity (Wildman–Crippen MR) is 83.3 cm³/mol. The van der Waals surface area contributed by atoms with E-state index in [2.05, 4.69) is 16.8 Å². The zero-order chi connectivity index (χ0) is 15.1. The number of unbranched alkanes of at least 4 members (excludes halogenated alkanes) is 2. The van der Waals surface area contributed by atoms with Crippen LogP contribution in [0.1, 0.15) is 31.9 Å². The lowest BCUT2D eigenvalue weighted by Gasteiger charge is -2.20. The van der Waals surface area contributed by atoms with Crippen LogP contribution in [0.3, 0.4) is 0 Å². The van der Waals surface area contributed by atoms with E-state index in [4.69, 9.17) is 5.11 Å². The first kappa shape index (κ1) is 15.7. The number of hydrogen-bond acceptors (Lipinski definition) is 4. The molecule has 0 saturated heterocycles. The fourth-order valence-corrected chi connectivity index (χ4v) is 2.41. The number of fused-ring (bicyclic) bond motifs is 1. The van der Waals surface area contributed by atoms with Crippen LogP contribution in [0.25, 0.3) is 5.65 Å². The van der Waals surface area contributed by atoms with Crippen molar-refractivity contribution in [1.29, 1.82) is 0 Å². The minimum Gasteiger partial charge on any atom is -0.395 e. The molecule has 0 aliphatic heterocycles. The summed E-state index contributed by atoms with van der Waals surface area (Å²) < 4.78 is 1.54. The molecule has 21 heavy (non-hydrogen) atoms. The van der Waals surface area contributed by atoms with Crippen LogP contribution >= 0.6 is 0 Å². The maximum Gasteiger partial charge on any atom is 0.258 e. The third-order valence-electron chi connectivity index (χ3n) is 3.50. The van der Waals surface area contributed by atoms with Gasteiger partial charge in [-0.3, -0.25) is 14.1 Å². The average molecular weight is 289 g/mol. The maximum atomic E-state index is 12.1. The molecule has 0 aromatic carbocycles. The number of hydrogen-bond donors (Lipinski definition) is 1. The van der Waals surface area contributed by atoms with E-state index in [0.717, 1.165) is 18.7 Å². The fourth-order valence-electron chi connectivity index (χ4n) is 2.41. The molecule has 1 N–H and O–H groups in total. The summed E-state index contributed by atoms with van der Waals surface area (Å²) in [5.41, 5.74) is 1.36. The Bertz CT molecular complexity index is 624. The lowest BCUT2D eigenvalue weighted by molar-refractivity contribution is 0.186. The van der Waals surface area contributed by atoms with E-state index in [0.29, 0.717) is 18.7 Å². The van der Waals surface area contributed by atoms with Crippen LogP contribution in [0.2, 0.25) is 0 Å². The van der Waals surface area contributed by atoms with Gasteiger partial charge in [0, 0.05) is 25.4 Å². The van der Waals surface area contributed by atoms with Crippen molar-refractivity contribution in [1.82, 2.24) is 14.3 Å². The topological polar surface area (TPSA) is 57.8 Å². The Balaban J connectivity index is 2.14. The molecule has 0 bridgehead atoms. The fraction of sp³-hybridized carbons (Fsp3) is 0.500. The minimum atomic E-state index is -0.0619. The van der Waals surface area contributed by atoms with Gasteiger partial charge in [-0.1, -0.05) is 25.8 Å². The molecule has 0 fully saturated rings. The number of rotatable bonds is 8. The van der Waals surface area contributed by atoms with Gasteiger partial charge in [0.1, 0.15) is 5.65 Å². The number of aliphatic hydroxyl groups excluding tert-OH is 1. The van der Waals surface area contributed by atoms with E-state index < -0.39 is 0 Å². The van der Waals surface area contributed by atoms with Gasteiger partial charge in [0.2, 0.25) is 0 Å².